The highest BCUT2D eigenvalue weighted by Gasteiger charge is 2.47. The van der Waals surface area contributed by atoms with Crippen LogP contribution in [-0.2, 0) is 20.7 Å². The summed E-state index contributed by atoms with van der Waals surface area (Å²) in [5, 5.41) is 0.738. The number of imidazole rings is 1. The van der Waals surface area contributed by atoms with Crippen molar-refractivity contribution >= 4 is 52.1 Å². The first kappa shape index (κ1) is 23.4. The molecule has 8 heteroatoms. The molecule has 5 rings (SSSR count). The molecule has 0 fully saturated rings. The lowest BCUT2D eigenvalue weighted by Gasteiger charge is -2.38. The Morgan fingerprint density at radius 1 is 1.00 bits per heavy atom. The van der Waals surface area contributed by atoms with Crippen molar-refractivity contribution < 1.29 is 14.3 Å². The van der Waals surface area contributed by atoms with E-state index in [1.54, 1.807) is 30.0 Å². The fourth-order valence-electron chi connectivity index (χ4n) is 4.64. The van der Waals surface area contributed by atoms with E-state index in [2.05, 4.69) is 0 Å². The summed E-state index contributed by atoms with van der Waals surface area (Å²) >= 11 is 12.5. The number of para-hydroxylation sites is 2. The Labute approximate surface area is 213 Å². The Morgan fingerprint density at radius 3 is 2.49 bits per heavy atom. The van der Waals surface area contributed by atoms with Gasteiger partial charge in [-0.25, -0.2) is 4.98 Å². The van der Waals surface area contributed by atoms with Crippen LogP contribution in [0.2, 0.25) is 10.0 Å². The summed E-state index contributed by atoms with van der Waals surface area (Å²) in [6, 6.07) is 22.0. The number of fused-ring (bicyclic) bond motifs is 3. The van der Waals surface area contributed by atoms with Gasteiger partial charge in [0.05, 0.1) is 33.7 Å². The highest BCUT2D eigenvalue weighted by Crippen LogP contribution is 2.42. The van der Waals surface area contributed by atoms with Gasteiger partial charge in [0, 0.05) is 6.54 Å². The zero-order chi connectivity index (χ0) is 24.5. The molecule has 178 valence electrons. The van der Waals surface area contributed by atoms with Crippen molar-refractivity contribution in [3.05, 3.63) is 94.0 Å². The molecule has 1 aromatic heterocycles. The predicted molar refractivity (Wildman–Crippen MR) is 137 cm³/mol. The van der Waals surface area contributed by atoms with Gasteiger partial charge in [-0.05, 0) is 48.7 Å². The van der Waals surface area contributed by atoms with Gasteiger partial charge >= 0.3 is 5.97 Å². The summed E-state index contributed by atoms with van der Waals surface area (Å²) < 4.78 is 7.34. The molecule has 35 heavy (non-hydrogen) atoms. The topological polar surface area (TPSA) is 64.4 Å². The SMILES string of the molecule is CCOC(=O)C1C(=O)N(CCc2ccccc2)c2nc3ccccc3n2C1c1ccc(Cl)c(Cl)c1. The van der Waals surface area contributed by atoms with Gasteiger partial charge in [0.25, 0.3) is 0 Å². The third kappa shape index (κ3) is 4.28. The second-order valence-corrected chi connectivity index (χ2v) is 9.16. The molecule has 0 saturated heterocycles. The van der Waals surface area contributed by atoms with Crippen molar-refractivity contribution in [2.75, 3.05) is 18.1 Å². The molecule has 1 amide bonds. The van der Waals surface area contributed by atoms with E-state index in [-0.39, 0.29) is 12.5 Å². The van der Waals surface area contributed by atoms with Crippen molar-refractivity contribution in [3.8, 4) is 0 Å². The Hall–Kier alpha value is -3.35. The number of hydrogen-bond acceptors (Lipinski definition) is 4. The lowest BCUT2D eigenvalue weighted by Crippen LogP contribution is -2.50. The van der Waals surface area contributed by atoms with Crippen LogP contribution in [0.5, 0.6) is 0 Å². The fraction of sp³-hybridized carbons (Fsp3) is 0.222. The van der Waals surface area contributed by atoms with Crippen molar-refractivity contribution in [2.24, 2.45) is 5.92 Å². The van der Waals surface area contributed by atoms with Crippen LogP contribution in [0.15, 0.2) is 72.8 Å². The second-order valence-electron chi connectivity index (χ2n) is 8.34. The van der Waals surface area contributed by atoms with Crippen LogP contribution in [0, 0.1) is 5.92 Å². The monoisotopic (exact) mass is 507 g/mol. The molecular weight excluding hydrogens is 485 g/mol. The first-order valence-corrected chi connectivity index (χ1v) is 12.2. The molecule has 6 nitrogen and oxygen atoms in total. The average molecular weight is 508 g/mol. The molecule has 2 unspecified atom stereocenters. The second kappa shape index (κ2) is 9.72. The number of nitrogens with zero attached hydrogens (tertiary/aromatic N) is 3. The van der Waals surface area contributed by atoms with Gasteiger partial charge in [0.1, 0.15) is 0 Å². The largest absolute Gasteiger partial charge is 0.465 e. The molecule has 0 aliphatic carbocycles. The molecule has 1 aliphatic rings. The van der Waals surface area contributed by atoms with E-state index >= 15 is 0 Å². The number of carbonyl (C=O) groups excluding carboxylic acids is 2. The van der Waals surface area contributed by atoms with Crippen LogP contribution in [0.3, 0.4) is 0 Å². The quantitative estimate of drug-likeness (QED) is 0.248. The highest BCUT2D eigenvalue weighted by atomic mass is 35.5. The maximum Gasteiger partial charge on any atom is 0.321 e. The molecule has 4 aromatic rings. The number of ether oxygens (including phenoxy) is 1. The minimum absolute atomic E-state index is 0.165. The fourth-order valence-corrected chi connectivity index (χ4v) is 4.95. The zero-order valence-electron chi connectivity index (χ0n) is 19.0. The van der Waals surface area contributed by atoms with Gasteiger partial charge in [0.2, 0.25) is 11.9 Å². The molecular formula is C27H23Cl2N3O3. The standard InChI is InChI=1S/C27H23Cl2N3O3/c1-2-35-26(34)23-24(18-12-13-19(28)20(29)16-18)32-22-11-7-6-10-21(22)30-27(32)31(25(23)33)15-14-17-8-4-3-5-9-17/h3-13,16,23-24H,2,14-15H2,1H3. The summed E-state index contributed by atoms with van der Waals surface area (Å²) in [6.07, 6.45) is 0.614. The Kier molecular flexibility index (Phi) is 6.50. The minimum Gasteiger partial charge on any atom is -0.465 e. The summed E-state index contributed by atoms with van der Waals surface area (Å²) in [4.78, 5) is 33.6. The van der Waals surface area contributed by atoms with E-state index < -0.39 is 17.9 Å². The number of amides is 1. The number of anilines is 1. The van der Waals surface area contributed by atoms with Gasteiger partial charge in [-0.1, -0.05) is 71.7 Å². The van der Waals surface area contributed by atoms with E-state index in [9.17, 15) is 9.59 Å². The Balaban J connectivity index is 1.69. The molecule has 0 N–H and O–H groups in total. The average Bonchev–Trinajstić information content (AvgIpc) is 3.24. The van der Waals surface area contributed by atoms with E-state index in [1.165, 1.54) is 0 Å². The first-order chi connectivity index (χ1) is 17.0. The van der Waals surface area contributed by atoms with Crippen LogP contribution in [0.4, 0.5) is 5.95 Å². The van der Waals surface area contributed by atoms with Crippen LogP contribution < -0.4 is 4.90 Å². The summed E-state index contributed by atoms with van der Waals surface area (Å²) in [5.41, 5.74) is 3.31. The molecule has 0 radical (unpaired) electrons. The van der Waals surface area contributed by atoms with Gasteiger partial charge in [-0.3, -0.25) is 14.5 Å². The van der Waals surface area contributed by atoms with Crippen molar-refractivity contribution in [2.45, 2.75) is 19.4 Å². The smallest absolute Gasteiger partial charge is 0.321 e. The molecule has 2 heterocycles. The Morgan fingerprint density at radius 2 is 1.74 bits per heavy atom. The maximum atomic E-state index is 14.0. The molecule has 0 bridgehead atoms. The number of rotatable bonds is 6. The third-order valence-electron chi connectivity index (χ3n) is 6.24. The Bertz CT molecular complexity index is 1400. The van der Waals surface area contributed by atoms with Crippen molar-refractivity contribution in [3.63, 3.8) is 0 Å². The van der Waals surface area contributed by atoms with Crippen LogP contribution in [0.1, 0.15) is 24.1 Å². The third-order valence-corrected chi connectivity index (χ3v) is 6.98. The van der Waals surface area contributed by atoms with E-state index in [0.717, 1.165) is 16.6 Å². The predicted octanol–water partition coefficient (Wildman–Crippen LogP) is 5.70. The first-order valence-electron chi connectivity index (χ1n) is 11.4. The number of aromatic nitrogens is 2. The van der Waals surface area contributed by atoms with E-state index in [1.807, 2.05) is 59.2 Å². The van der Waals surface area contributed by atoms with Gasteiger partial charge < -0.3 is 9.30 Å². The number of halogens is 2. The van der Waals surface area contributed by atoms with E-state index in [0.29, 0.717) is 34.5 Å². The van der Waals surface area contributed by atoms with Gasteiger partial charge in [-0.15, -0.1) is 0 Å². The van der Waals surface area contributed by atoms with Crippen molar-refractivity contribution in [1.29, 1.82) is 0 Å². The molecule has 1 aliphatic heterocycles. The molecule has 0 saturated carbocycles. The van der Waals surface area contributed by atoms with Gasteiger partial charge in [-0.2, -0.15) is 0 Å². The number of hydrogen-bond donors (Lipinski definition) is 0. The van der Waals surface area contributed by atoms with Crippen LogP contribution in [-0.4, -0.2) is 34.6 Å². The molecule has 2 atom stereocenters. The normalized spacial score (nSPS) is 17.5. The maximum absolute atomic E-state index is 14.0. The summed E-state index contributed by atoms with van der Waals surface area (Å²) in [6.45, 7) is 2.26. The number of esters is 1. The zero-order valence-corrected chi connectivity index (χ0v) is 20.5. The van der Waals surface area contributed by atoms with Crippen molar-refractivity contribution in [1.82, 2.24) is 9.55 Å². The van der Waals surface area contributed by atoms with Crippen LogP contribution in [0.25, 0.3) is 11.0 Å². The lowest BCUT2D eigenvalue weighted by molar-refractivity contribution is -0.153. The minimum atomic E-state index is -1.10. The number of carbonyl (C=O) groups is 2. The summed E-state index contributed by atoms with van der Waals surface area (Å²) in [7, 11) is 0. The lowest BCUT2D eigenvalue weighted by atomic mass is 9.89. The molecule has 0 spiro atoms. The van der Waals surface area contributed by atoms with Crippen LogP contribution >= 0.6 is 23.2 Å². The number of benzene rings is 3. The molecule has 3 aromatic carbocycles. The van der Waals surface area contributed by atoms with E-state index in [4.69, 9.17) is 32.9 Å². The highest BCUT2D eigenvalue weighted by molar-refractivity contribution is 6.42. The van der Waals surface area contributed by atoms with Gasteiger partial charge in [0.15, 0.2) is 5.92 Å². The summed E-state index contributed by atoms with van der Waals surface area (Å²) in [5.74, 6) is -1.54.